The standard InChI is InChI=1S/C21H33NO4/c1-4-5-8-11-19(24)15-14-18(16-22-3)20(17(2)23)12-9-6-7-10-13-21(25)26/h6,9,14-16,19,24H,4-5,7-8,10-13H2,1-3H3,(H,25,26)/b9-6-,15-14+,20-18-,22-16?. The van der Waals surface area contributed by atoms with Gasteiger partial charge in [0.15, 0.2) is 5.78 Å². The molecule has 0 aliphatic rings. The normalized spacial score (nSPS) is 14.3. The summed E-state index contributed by atoms with van der Waals surface area (Å²) in [7, 11) is 1.64. The Morgan fingerprint density at radius 1 is 1.15 bits per heavy atom. The number of carbonyl (C=O) groups is 2. The maximum absolute atomic E-state index is 12.0. The summed E-state index contributed by atoms with van der Waals surface area (Å²) in [5, 5.41) is 18.6. The number of ketones is 1. The van der Waals surface area contributed by atoms with Crippen LogP contribution in [-0.2, 0) is 9.59 Å². The third kappa shape index (κ3) is 12.4. The lowest BCUT2D eigenvalue weighted by molar-refractivity contribution is -0.137. The Kier molecular flexibility index (Phi) is 14.1. The average Bonchev–Trinajstić information content (AvgIpc) is 2.58. The smallest absolute Gasteiger partial charge is 0.303 e. The van der Waals surface area contributed by atoms with Crippen molar-refractivity contribution < 1.29 is 19.8 Å². The summed E-state index contributed by atoms with van der Waals surface area (Å²) in [6.07, 6.45) is 14.1. The molecule has 0 aliphatic carbocycles. The van der Waals surface area contributed by atoms with E-state index in [1.54, 1.807) is 25.4 Å². The van der Waals surface area contributed by atoms with Crippen molar-refractivity contribution in [1.82, 2.24) is 0 Å². The van der Waals surface area contributed by atoms with Gasteiger partial charge in [-0.1, -0.05) is 50.5 Å². The Morgan fingerprint density at radius 2 is 1.88 bits per heavy atom. The van der Waals surface area contributed by atoms with Gasteiger partial charge in [-0.2, -0.15) is 0 Å². The SMILES string of the molecule is CCCCCC(O)/C=C/C(C=NC)=C(\C/C=C\CCCC(=O)O)C(C)=O. The number of carboxylic acid groups (broad SMARTS) is 1. The van der Waals surface area contributed by atoms with Gasteiger partial charge in [0.05, 0.1) is 6.10 Å². The van der Waals surface area contributed by atoms with Crippen LogP contribution in [0.5, 0.6) is 0 Å². The Morgan fingerprint density at radius 3 is 2.46 bits per heavy atom. The first-order chi connectivity index (χ1) is 12.4. The summed E-state index contributed by atoms with van der Waals surface area (Å²) < 4.78 is 0. The molecule has 0 aromatic heterocycles. The summed E-state index contributed by atoms with van der Waals surface area (Å²) in [6, 6.07) is 0. The Bertz CT molecular complexity index is 544. The van der Waals surface area contributed by atoms with Gasteiger partial charge < -0.3 is 10.2 Å². The van der Waals surface area contributed by atoms with Gasteiger partial charge in [-0.3, -0.25) is 14.6 Å². The predicted molar refractivity (Wildman–Crippen MR) is 107 cm³/mol. The summed E-state index contributed by atoms with van der Waals surface area (Å²) in [4.78, 5) is 26.5. The number of Topliss-reactive ketones (excluding diaryl/α,β-unsaturated/α-hetero) is 1. The molecule has 26 heavy (non-hydrogen) atoms. The molecule has 0 saturated heterocycles. The molecule has 1 unspecified atom stereocenters. The number of allylic oxidation sites excluding steroid dienone is 5. The lowest BCUT2D eigenvalue weighted by atomic mass is 10.00. The van der Waals surface area contributed by atoms with Gasteiger partial charge in [0, 0.05) is 25.3 Å². The molecule has 5 nitrogen and oxygen atoms in total. The molecule has 1 atom stereocenters. The molecule has 0 aliphatic heterocycles. The van der Waals surface area contributed by atoms with Crippen LogP contribution >= 0.6 is 0 Å². The van der Waals surface area contributed by atoms with Gasteiger partial charge >= 0.3 is 5.97 Å². The third-order valence-electron chi connectivity index (χ3n) is 3.89. The van der Waals surface area contributed by atoms with Crippen LogP contribution < -0.4 is 0 Å². The van der Waals surface area contributed by atoms with Crippen LogP contribution in [0.15, 0.2) is 40.4 Å². The molecular weight excluding hydrogens is 330 g/mol. The molecule has 0 spiro atoms. The molecule has 0 aromatic carbocycles. The Balaban J connectivity index is 4.97. The minimum atomic E-state index is -0.799. The topological polar surface area (TPSA) is 87.0 Å². The van der Waals surface area contributed by atoms with Crippen molar-refractivity contribution in [3.63, 3.8) is 0 Å². The van der Waals surface area contributed by atoms with Crippen LogP contribution in [0.4, 0.5) is 0 Å². The van der Waals surface area contributed by atoms with Crippen molar-refractivity contribution in [3.8, 4) is 0 Å². The Labute approximate surface area is 157 Å². The number of aliphatic imine (C=N–C) groups is 1. The first-order valence-electron chi connectivity index (χ1n) is 9.31. The van der Waals surface area contributed by atoms with Gasteiger partial charge in [0.1, 0.15) is 0 Å². The van der Waals surface area contributed by atoms with Crippen molar-refractivity contribution in [3.05, 3.63) is 35.5 Å². The number of hydrogen-bond acceptors (Lipinski definition) is 4. The van der Waals surface area contributed by atoms with Crippen molar-refractivity contribution >= 4 is 18.0 Å². The second kappa shape index (κ2) is 15.3. The summed E-state index contributed by atoms with van der Waals surface area (Å²) in [5.74, 6) is -0.841. The van der Waals surface area contributed by atoms with E-state index < -0.39 is 12.1 Å². The lowest BCUT2D eigenvalue weighted by Crippen LogP contribution is -2.04. The van der Waals surface area contributed by atoms with Crippen LogP contribution in [0.2, 0.25) is 0 Å². The number of carboxylic acids is 1. The van der Waals surface area contributed by atoms with E-state index in [4.69, 9.17) is 5.11 Å². The highest BCUT2D eigenvalue weighted by atomic mass is 16.4. The first kappa shape index (κ1) is 24.0. The van der Waals surface area contributed by atoms with Crippen LogP contribution in [0.3, 0.4) is 0 Å². The average molecular weight is 363 g/mol. The number of rotatable bonds is 14. The molecule has 146 valence electrons. The molecule has 0 fully saturated rings. The minimum Gasteiger partial charge on any atom is -0.481 e. The molecule has 0 bridgehead atoms. The summed E-state index contributed by atoms with van der Waals surface area (Å²) in [6.45, 7) is 3.64. The van der Waals surface area contributed by atoms with Gasteiger partial charge in [-0.25, -0.2) is 0 Å². The number of aliphatic hydroxyl groups excluding tert-OH is 1. The van der Waals surface area contributed by atoms with Gasteiger partial charge in [0.2, 0.25) is 0 Å². The molecule has 2 N–H and O–H groups in total. The maximum Gasteiger partial charge on any atom is 0.303 e. The van der Waals surface area contributed by atoms with E-state index in [1.807, 2.05) is 12.2 Å². The lowest BCUT2D eigenvalue weighted by Gasteiger charge is -2.07. The van der Waals surface area contributed by atoms with Crippen molar-refractivity contribution in [1.29, 1.82) is 0 Å². The van der Waals surface area contributed by atoms with Crippen molar-refractivity contribution in [2.75, 3.05) is 7.05 Å². The van der Waals surface area contributed by atoms with E-state index in [9.17, 15) is 14.7 Å². The Hall–Kier alpha value is -2.01. The van der Waals surface area contributed by atoms with E-state index in [0.29, 0.717) is 36.8 Å². The predicted octanol–water partition coefficient (Wildman–Crippen LogP) is 4.27. The highest BCUT2D eigenvalue weighted by Crippen LogP contribution is 2.14. The molecule has 0 amide bonds. The van der Waals surface area contributed by atoms with E-state index in [2.05, 4.69) is 11.9 Å². The number of aliphatic carboxylic acids is 1. The van der Waals surface area contributed by atoms with Gasteiger partial charge in [-0.05, 0) is 38.2 Å². The zero-order valence-corrected chi connectivity index (χ0v) is 16.3. The molecule has 5 heteroatoms. The number of hydrogen-bond donors (Lipinski definition) is 2. The van der Waals surface area contributed by atoms with Crippen molar-refractivity contribution in [2.24, 2.45) is 4.99 Å². The zero-order chi connectivity index (χ0) is 19.8. The largest absolute Gasteiger partial charge is 0.481 e. The third-order valence-corrected chi connectivity index (χ3v) is 3.89. The summed E-state index contributed by atoms with van der Waals surface area (Å²) in [5.41, 5.74) is 1.33. The zero-order valence-electron chi connectivity index (χ0n) is 16.3. The van der Waals surface area contributed by atoms with E-state index in [-0.39, 0.29) is 12.2 Å². The van der Waals surface area contributed by atoms with E-state index in [0.717, 1.165) is 19.3 Å². The minimum absolute atomic E-state index is 0.0415. The number of nitrogens with zero attached hydrogens (tertiary/aromatic N) is 1. The first-order valence-corrected chi connectivity index (χ1v) is 9.31. The highest BCUT2D eigenvalue weighted by molar-refractivity contribution is 6.01. The molecule has 0 saturated carbocycles. The summed E-state index contributed by atoms with van der Waals surface area (Å²) >= 11 is 0. The molecule has 0 heterocycles. The maximum atomic E-state index is 12.0. The number of aliphatic hydroxyl groups is 1. The fourth-order valence-corrected chi connectivity index (χ4v) is 2.43. The number of unbranched alkanes of at least 4 members (excludes halogenated alkanes) is 3. The second-order valence-corrected chi connectivity index (χ2v) is 6.26. The number of carbonyl (C=O) groups excluding carboxylic acids is 1. The van der Waals surface area contributed by atoms with Gasteiger partial charge in [-0.15, -0.1) is 0 Å². The highest BCUT2D eigenvalue weighted by Gasteiger charge is 2.08. The van der Waals surface area contributed by atoms with Crippen LogP contribution in [-0.4, -0.2) is 41.3 Å². The molecule has 0 radical (unpaired) electrons. The monoisotopic (exact) mass is 363 g/mol. The second-order valence-electron chi connectivity index (χ2n) is 6.26. The quantitative estimate of drug-likeness (QED) is 0.159. The fourth-order valence-electron chi connectivity index (χ4n) is 2.43. The molecule has 0 aromatic rings. The van der Waals surface area contributed by atoms with E-state index in [1.165, 1.54) is 6.92 Å². The van der Waals surface area contributed by atoms with Crippen LogP contribution in [0.25, 0.3) is 0 Å². The van der Waals surface area contributed by atoms with E-state index >= 15 is 0 Å². The molecule has 0 rings (SSSR count). The molecular formula is C21H33NO4. The fraction of sp³-hybridized carbons (Fsp3) is 0.571. The van der Waals surface area contributed by atoms with Crippen molar-refractivity contribution in [2.45, 2.75) is 71.3 Å². The van der Waals surface area contributed by atoms with Crippen LogP contribution in [0.1, 0.15) is 65.2 Å². The van der Waals surface area contributed by atoms with Crippen LogP contribution in [0, 0.1) is 0 Å². The van der Waals surface area contributed by atoms with Gasteiger partial charge in [0.25, 0.3) is 0 Å².